The fourth-order valence-corrected chi connectivity index (χ4v) is 4.65. The highest BCUT2D eigenvalue weighted by Crippen LogP contribution is 2.37. The van der Waals surface area contributed by atoms with Gasteiger partial charge in [0.25, 0.3) is 0 Å². The summed E-state index contributed by atoms with van der Waals surface area (Å²) in [5.74, 6) is 0.694. The molecule has 2 aromatic heterocycles. The standard InChI is InChI=1S/C26H27N5OS/c1-4-16-31-24(21-12-14-27-15-13-21)29-30-26(31)33-23(20-8-6-5-7-9-20)25(32)28-22-17-18(2)10-11-19(22)3/h5-15,17,23H,4,16H2,1-3H3,(H,28,32). The van der Waals surface area contributed by atoms with Crippen molar-refractivity contribution in [1.82, 2.24) is 19.7 Å². The van der Waals surface area contributed by atoms with Crippen LogP contribution in [0.15, 0.2) is 78.2 Å². The minimum Gasteiger partial charge on any atom is -0.325 e. The molecule has 33 heavy (non-hydrogen) atoms. The number of amides is 1. The second kappa shape index (κ2) is 10.4. The van der Waals surface area contributed by atoms with Crippen molar-refractivity contribution in [2.24, 2.45) is 0 Å². The van der Waals surface area contributed by atoms with E-state index in [-0.39, 0.29) is 5.91 Å². The summed E-state index contributed by atoms with van der Waals surface area (Å²) in [5.41, 5.74) is 4.83. The lowest BCUT2D eigenvalue weighted by Gasteiger charge is -2.18. The lowest BCUT2D eigenvalue weighted by atomic mass is 10.1. The van der Waals surface area contributed by atoms with Crippen LogP contribution < -0.4 is 5.32 Å². The second-order valence-electron chi connectivity index (χ2n) is 7.91. The molecule has 1 amide bonds. The molecule has 1 N–H and O–H groups in total. The van der Waals surface area contributed by atoms with E-state index in [2.05, 4.69) is 32.0 Å². The smallest absolute Gasteiger partial charge is 0.242 e. The Morgan fingerprint density at radius 2 is 1.79 bits per heavy atom. The summed E-state index contributed by atoms with van der Waals surface area (Å²) in [6.45, 7) is 6.89. The summed E-state index contributed by atoms with van der Waals surface area (Å²) in [6.07, 6.45) is 4.42. The number of carbonyl (C=O) groups excluding carboxylic acids is 1. The average Bonchev–Trinajstić information content (AvgIpc) is 3.23. The maximum Gasteiger partial charge on any atom is 0.242 e. The van der Waals surface area contributed by atoms with Crippen LogP contribution in [0.3, 0.4) is 0 Å². The number of carbonyl (C=O) groups is 1. The third-order valence-corrected chi connectivity index (χ3v) is 6.55. The van der Waals surface area contributed by atoms with E-state index in [9.17, 15) is 4.79 Å². The molecule has 7 heteroatoms. The maximum atomic E-state index is 13.5. The second-order valence-corrected chi connectivity index (χ2v) is 8.98. The molecule has 0 saturated carbocycles. The average molecular weight is 458 g/mol. The Balaban J connectivity index is 1.69. The lowest BCUT2D eigenvalue weighted by Crippen LogP contribution is -2.20. The van der Waals surface area contributed by atoms with E-state index in [1.807, 2.05) is 74.5 Å². The number of nitrogens with zero attached hydrogens (tertiary/aromatic N) is 4. The largest absolute Gasteiger partial charge is 0.325 e. The van der Waals surface area contributed by atoms with Gasteiger partial charge in [-0.05, 0) is 55.2 Å². The molecule has 168 valence electrons. The zero-order valence-electron chi connectivity index (χ0n) is 19.0. The Morgan fingerprint density at radius 1 is 1.03 bits per heavy atom. The summed E-state index contributed by atoms with van der Waals surface area (Å²) >= 11 is 1.42. The highest BCUT2D eigenvalue weighted by atomic mass is 32.2. The van der Waals surface area contributed by atoms with Gasteiger partial charge in [-0.2, -0.15) is 0 Å². The minimum atomic E-state index is -0.476. The topological polar surface area (TPSA) is 72.7 Å². The van der Waals surface area contributed by atoms with Crippen LogP contribution in [0.4, 0.5) is 5.69 Å². The quantitative estimate of drug-likeness (QED) is 0.337. The predicted octanol–water partition coefficient (Wildman–Crippen LogP) is 5.84. The van der Waals surface area contributed by atoms with Crippen molar-refractivity contribution < 1.29 is 4.79 Å². The Bertz CT molecular complexity index is 1220. The van der Waals surface area contributed by atoms with E-state index in [1.54, 1.807) is 12.4 Å². The van der Waals surface area contributed by atoms with E-state index >= 15 is 0 Å². The van der Waals surface area contributed by atoms with E-state index in [4.69, 9.17) is 0 Å². The summed E-state index contributed by atoms with van der Waals surface area (Å²) in [4.78, 5) is 17.6. The van der Waals surface area contributed by atoms with E-state index in [1.165, 1.54) is 11.8 Å². The fourth-order valence-electron chi connectivity index (χ4n) is 3.59. The molecule has 1 atom stereocenters. The molecule has 0 saturated heterocycles. The third-order valence-electron chi connectivity index (χ3n) is 5.32. The first kappa shape index (κ1) is 22.7. The van der Waals surface area contributed by atoms with Gasteiger partial charge in [-0.1, -0.05) is 61.2 Å². The molecule has 4 rings (SSSR count). The van der Waals surface area contributed by atoms with Crippen molar-refractivity contribution in [3.8, 4) is 11.4 Å². The zero-order chi connectivity index (χ0) is 23.2. The number of nitrogens with one attached hydrogen (secondary N) is 1. The van der Waals surface area contributed by atoms with Crippen molar-refractivity contribution in [3.63, 3.8) is 0 Å². The molecule has 0 aliphatic rings. The first-order chi connectivity index (χ1) is 16.1. The molecular weight excluding hydrogens is 430 g/mol. The normalized spacial score (nSPS) is 11.8. The molecule has 0 spiro atoms. The van der Waals surface area contributed by atoms with Gasteiger partial charge in [0.15, 0.2) is 11.0 Å². The van der Waals surface area contributed by atoms with Crippen molar-refractivity contribution in [2.45, 2.75) is 44.1 Å². The van der Waals surface area contributed by atoms with Crippen LogP contribution in [0, 0.1) is 13.8 Å². The van der Waals surface area contributed by atoms with Gasteiger partial charge in [0.05, 0.1) is 0 Å². The molecule has 0 aliphatic heterocycles. The zero-order valence-corrected chi connectivity index (χ0v) is 19.8. The van der Waals surface area contributed by atoms with Crippen molar-refractivity contribution in [3.05, 3.63) is 89.7 Å². The van der Waals surface area contributed by atoms with Gasteiger partial charge in [-0.15, -0.1) is 10.2 Å². The molecule has 2 aromatic carbocycles. The van der Waals surface area contributed by atoms with Gasteiger partial charge in [0.2, 0.25) is 5.91 Å². The van der Waals surface area contributed by atoms with Gasteiger partial charge >= 0.3 is 0 Å². The van der Waals surface area contributed by atoms with Crippen LogP contribution in [0.25, 0.3) is 11.4 Å². The third kappa shape index (κ3) is 5.31. The van der Waals surface area contributed by atoms with Gasteiger partial charge in [0, 0.05) is 30.2 Å². The fraction of sp³-hybridized carbons (Fsp3) is 0.231. The number of anilines is 1. The van der Waals surface area contributed by atoms with Gasteiger partial charge in [-0.25, -0.2) is 0 Å². The predicted molar refractivity (Wildman–Crippen MR) is 133 cm³/mol. The van der Waals surface area contributed by atoms with E-state index < -0.39 is 5.25 Å². The van der Waals surface area contributed by atoms with Crippen molar-refractivity contribution in [1.29, 1.82) is 0 Å². The SMILES string of the molecule is CCCn1c(SC(C(=O)Nc2cc(C)ccc2C)c2ccccc2)nnc1-c1ccncc1. The van der Waals surface area contributed by atoms with Gasteiger partial charge < -0.3 is 9.88 Å². The first-order valence-electron chi connectivity index (χ1n) is 11.0. The van der Waals surface area contributed by atoms with Gasteiger partial charge in [-0.3, -0.25) is 9.78 Å². The number of benzene rings is 2. The number of thioether (sulfide) groups is 1. The minimum absolute atomic E-state index is 0.0867. The number of pyridine rings is 1. The number of rotatable bonds is 8. The molecule has 0 radical (unpaired) electrons. The molecule has 2 heterocycles. The number of hydrogen-bond donors (Lipinski definition) is 1. The van der Waals surface area contributed by atoms with Crippen LogP contribution in [-0.4, -0.2) is 25.7 Å². The lowest BCUT2D eigenvalue weighted by molar-refractivity contribution is -0.115. The summed E-state index contributed by atoms with van der Waals surface area (Å²) in [7, 11) is 0. The Hall–Kier alpha value is -3.45. The summed E-state index contributed by atoms with van der Waals surface area (Å²) < 4.78 is 2.08. The summed E-state index contributed by atoms with van der Waals surface area (Å²) in [6, 6.07) is 19.7. The van der Waals surface area contributed by atoms with E-state index in [0.29, 0.717) is 5.16 Å². The highest BCUT2D eigenvalue weighted by molar-refractivity contribution is 8.00. The van der Waals surface area contributed by atoms with Crippen LogP contribution in [0.2, 0.25) is 0 Å². The van der Waals surface area contributed by atoms with Crippen molar-refractivity contribution in [2.75, 3.05) is 5.32 Å². The Kier molecular flexibility index (Phi) is 7.19. The Morgan fingerprint density at radius 3 is 2.52 bits per heavy atom. The Labute approximate surface area is 198 Å². The van der Waals surface area contributed by atoms with E-state index in [0.717, 1.165) is 46.7 Å². The highest BCUT2D eigenvalue weighted by Gasteiger charge is 2.26. The molecule has 0 aliphatic carbocycles. The molecule has 1 unspecified atom stereocenters. The number of aromatic nitrogens is 4. The monoisotopic (exact) mass is 457 g/mol. The van der Waals surface area contributed by atoms with Crippen LogP contribution in [-0.2, 0) is 11.3 Å². The van der Waals surface area contributed by atoms with Crippen LogP contribution >= 0.6 is 11.8 Å². The maximum absolute atomic E-state index is 13.5. The van der Waals surface area contributed by atoms with Crippen molar-refractivity contribution >= 4 is 23.4 Å². The molecule has 0 bridgehead atoms. The van der Waals surface area contributed by atoms with Crippen LogP contribution in [0.5, 0.6) is 0 Å². The number of aryl methyl sites for hydroxylation is 2. The van der Waals surface area contributed by atoms with Crippen LogP contribution in [0.1, 0.15) is 35.3 Å². The molecule has 6 nitrogen and oxygen atoms in total. The molecule has 4 aromatic rings. The van der Waals surface area contributed by atoms with Gasteiger partial charge in [0.1, 0.15) is 5.25 Å². The number of hydrogen-bond acceptors (Lipinski definition) is 5. The molecule has 0 fully saturated rings. The first-order valence-corrected chi connectivity index (χ1v) is 11.9. The summed E-state index contributed by atoms with van der Waals surface area (Å²) in [5, 5.41) is 12.3. The molecular formula is C26H27N5OS.